The van der Waals surface area contributed by atoms with Crippen molar-refractivity contribution < 1.29 is 19.0 Å². The maximum atomic E-state index is 13.5. The van der Waals surface area contributed by atoms with E-state index in [1.54, 1.807) is 12.1 Å². The Bertz CT molecular complexity index is 695. The number of benzene rings is 1. The van der Waals surface area contributed by atoms with Crippen molar-refractivity contribution in [2.45, 2.75) is 51.0 Å². The van der Waals surface area contributed by atoms with Crippen molar-refractivity contribution in [3.63, 3.8) is 0 Å². The third-order valence-electron chi connectivity index (χ3n) is 6.89. The van der Waals surface area contributed by atoms with Crippen LogP contribution in [-0.4, -0.2) is 54.8 Å². The highest BCUT2D eigenvalue weighted by Crippen LogP contribution is 2.43. The van der Waals surface area contributed by atoms with Gasteiger partial charge in [0.15, 0.2) is 0 Å². The molecule has 1 aliphatic heterocycles. The fourth-order valence-corrected chi connectivity index (χ4v) is 4.47. The first-order chi connectivity index (χ1) is 13.5. The lowest BCUT2D eigenvalue weighted by molar-refractivity contribution is -0.156. The average molecular weight is 390 g/mol. The van der Waals surface area contributed by atoms with E-state index >= 15 is 0 Å². The quantitative estimate of drug-likeness (QED) is 0.678. The molecule has 6 heteroatoms. The van der Waals surface area contributed by atoms with Crippen LogP contribution in [0.25, 0.3) is 0 Å². The Kier molecular flexibility index (Phi) is 5.61. The van der Waals surface area contributed by atoms with Gasteiger partial charge in [0.05, 0.1) is 12.0 Å². The van der Waals surface area contributed by atoms with Gasteiger partial charge in [-0.05, 0) is 63.7 Å². The number of likely N-dealkylation sites (tertiary alicyclic amines) is 1. The van der Waals surface area contributed by atoms with Gasteiger partial charge in [0.1, 0.15) is 11.6 Å². The van der Waals surface area contributed by atoms with Gasteiger partial charge in [-0.3, -0.25) is 4.79 Å². The molecule has 0 atom stereocenters. The van der Waals surface area contributed by atoms with Gasteiger partial charge < -0.3 is 20.1 Å². The molecule has 0 unspecified atom stereocenters. The molecule has 1 saturated heterocycles. The maximum absolute atomic E-state index is 13.5. The van der Waals surface area contributed by atoms with E-state index in [0.29, 0.717) is 24.9 Å². The van der Waals surface area contributed by atoms with Crippen LogP contribution in [0.4, 0.5) is 4.39 Å². The number of aliphatic carboxylic acids is 1. The zero-order valence-electron chi connectivity index (χ0n) is 16.5. The van der Waals surface area contributed by atoms with E-state index in [9.17, 15) is 14.3 Å². The number of carbonyl (C=O) groups is 1. The van der Waals surface area contributed by atoms with Crippen molar-refractivity contribution in [3.8, 4) is 5.75 Å². The SMILES string of the molecule is O=C(O)C1(CN2CCC(CNC3CC3)(COc3cccc(F)c3)CC2)CCC1. The topological polar surface area (TPSA) is 61.8 Å². The number of carboxylic acids is 1. The molecule has 1 aromatic carbocycles. The Morgan fingerprint density at radius 2 is 2.00 bits per heavy atom. The highest BCUT2D eigenvalue weighted by atomic mass is 19.1. The predicted octanol–water partition coefficient (Wildman–Crippen LogP) is 3.29. The third kappa shape index (κ3) is 4.49. The molecule has 2 saturated carbocycles. The second-order valence-corrected chi connectivity index (χ2v) is 9.12. The molecule has 5 nitrogen and oxygen atoms in total. The summed E-state index contributed by atoms with van der Waals surface area (Å²) in [6.45, 7) is 3.93. The van der Waals surface area contributed by atoms with E-state index in [1.807, 2.05) is 0 Å². The number of carboxylic acid groups (broad SMARTS) is 1. The highest BCUT2D eigenvalue weighted by molar-refractivity contribution is 5.76. The number of hydrogen-bond acceptors (Lipinski definition) is 4. The fourth-order valence-electron chi connectivity index (χ4n) is 4.47. The van der Waals surface area contributed by atoms with Gasteiger partial charge in [-0.2, -0.15) is 0 Å². The van der Waals surface area contributed by atoms with E-state index in [4.69, 9.17) is 4.74 Å². The molecule has 0 bridgehead atoms. The molecule has 154 valence electrons. The van der Waals surface area contributed by atoms with Crippen LogP contribution in [0.3, 0.4) is 0 Å². The van der Waals surface area contributed by atoms with Crippen LogP contribution in [0.15, 0.2) is 24.3 Å². The van der Waals surface area contributed by atoms with E-state index in [-0.39, 0.29) is 11.2 Å². The summed E-state index contributed by atoms with van der Waals surface area (Å²) in [5, 5.41) is 13.3. The molecule has 3 fully saturated rings. The van der Waals surface area contributed by atoms with Crippen LogP contribution in [0.5, 0.6) is 5.75 Å². The molecule has 0 spiro atoms. The summed E-state index contributed by atoms with van der Waals surface area (Å²) in [5.74, 6) is -0.343. The number of piperidine rings is 1. The largest absolute Gasteiger partial charge is 0.493 e. The molecule has 3 aliphatic rings. The van der Waals surface area contributed by atoms with Crippen LogP contribution >= 0.6 is 0 Å². The second-order valence-electron chi connectivity index (χ2n) is 9.12. The summed E-state index contributed by atoms with van der Waals surface area (Å²) < 4.78 is 19.5. The maximum Gasteiger partial charge on any atom is 0.310 e. The Hall–Kier alpha value is -1.66. The standard InChI is InChI=1S/C22H31FN2O3/c23-17-3-1-4-19(13-17)28-16-21(14-24-18-5-6-18)9-11-25(12-10-21)15-22(20(26)27)7-2-8-22/h1,3-4,13,18,24H,2,5-12,14-16H2,(H,26,27). The number of nitrogens with one attached hydrogen (secondary N) is 1. The van der Waals surface area contributed by atoms with Crippen molar-refractivity contribution in [1.29, 1.82) is 0 Å². The number of nitrogens with zero attached hydrogens (tertiary/aromatic N) is 1. The van der Waals surface area contributed by atoms with Crippen molar-refractivity contribution in [3.05, 3.63) is 30.1 Å². The van der Waals surface area contributed by atoms with Crippen LogP contribution in [0, 0.1) is 16.6 Å². The Morgan fingerprint density at radius 3 is 2.57 bits per heavy atom. The van der Waals surface area contributed by atoms with E-state index < -0.39 is 11.4 Å². The van der Waals surface area contributed by atoms with Crippen molar-refractivity contribution >= 4 is 5.97 Å². The molecule has 1 aromatic rings. The lowest BCUT2D eigenvalue weighted by Gasteiger charge is -2.46. The minimum atomic E-state index is -0.638. The van der Waals surface area contributed by atoms with Gasteiger partial charge in [0, 0.05) is 30.6 Å². The van der Waals surface area contributed by atoms with Gasteiger partial charge in [-0.1, -0.05) is 12.5 Å². The van der Waals surface area contributed by atoms with Gasteiger partial charge >= 0.3 is 5.97 Å². The van der Waals surface area contributed by atoms with Crippen LogP contribution in [0.1, 0.15) is 44.9 Å². The van der Waals surface area contributed by atoms with Crippen molar-refractivity contribution in [1.82, 2.24) is 10.2 Å². The number of ether oxygens (including phenoxy) is 1. The molecule has 2 N–H and O–H groups in total. The molecule has 2 aliphatic carbocycles. The lowest BCUT2D eigenvalue weighted by Crippen LogP contribution is -2.53. The number of rotatable bonds is 9. The van der Waals surface area contributed by atoms with Crippen LogP contribution < -0.4 is 10.1 Å². The zero-order chi connectivity index (χ0) is 19.6. The van der Waals surface area contributed by atoms with E-state index in [2.05, 4.69) is 10.2 Å². The molecule has 0 aromatic heterocycles. The van der Waals surface area contributed by atoms with Crippen LogP contribution in [0.2, 0.25) is 0 Å². The van der Waals surface area contributed by atoms with Crippen molar-refractivity contribution in [2.75, 3.05) is 32.8 Å². The summed E-state index contributed by atoms with van der Waals surface area (Å²) in [4.78, 5) is 14.0. The first-order valence-electron chi connectivity index (χ1n) is 10.6. The Balaban J connectivity index is 1.36. The minimum absolute atomic E-state index is 0.0153. The van der Waals surface area contributed by atoms with Gasteiger partial charge in [-0.25, -0.2) is 4.39 Å². The van der Waals surface area contributed by atoms with Gasteiger partial charge in [0.2, 0.25) is 0 Å². The molecule has 4 rings (SSSR count). The molecular weight excluding hydrogens is 359 g/mol. The fraction of sp³-hybridized carbons (Fsp3) is 0.682. The van der Waals surface area contributed by atoms with E-state index in [1.165, 1.54) is 25.0 Å². The first kappa shape index (κ1) is 19.6. The van der Waals surface area contributed by atoms with Crippen molar-refractivity contribution in [2.24, 2.45) is 10.8 Å². The lowest BCUT2D eigenvalue weighted by atomic mass is 9.68. The Morgan fingerprint density at radius 1 is 1.25 bits per heavy atom. The second kappa shape index (κ2) is 7.99. The highest BCUT2D eigenvalue weighted by Gasteiger charge is 2.47. The Labute approximate surface area is 166 Å². The summed E-state index contributed by atoms with van der Waals surface area (Å²) in [5.41, 5.74) is -0.508. The minimum Gasteiger partial charge on any atom is -0.493 e. The first-order valence-corrected chi connectivity index (χ1v) is 10.6. The molecule has 28 heavy (non-hydrogen) atoms. The normalized spacial score (nSPS) is 23.8. The average Bonchev–Trinajstić information content (AvgIpc) is 3.47. The van der Waals surface area contributed by atoms with Crippen LogP contribution in [-0.2, 0) is 4.79 Å². The summed E-state index contributed by atoms with van der Waals surface area (Å²) in [6, 6.07) is 6.97. The number of hydrogen-bond donors (Lipinski definition) is 2. The van der Waals surface area contributed by atoms with Gasteiger partial charge in [0.25, 0.3) is 0 Å². The molecule has 0 radical (unpaired) electrons. The summed E-state index contributed by atoms with van der Waals surface area (Å²) >= 11 is 0. The molecule has 0 amide bonds. The monoisotopic (exact) mass is 390 g/mol. The summed E-state index contributed by atoms with van der Waals surface area (Å²) in [7, 11) is 0. The zero-order valence-corrected chi connectivity index (χ0v) is 16.5. The van der Waals surface area contributed by atoms with Gasteiger partial charge in [-0.15, -0.1) is 0 Å². The predicted molar refractivity (Wildman–Crippen MR) is 105 cm³/mol. The molecule has 1 heterocycles. The summed E-state index contributed by atoms with van der Waals surface area (Å²) in [6.07, 6.45) is 7.06. The smallest absolute Gasteiger partial charge is 0.310 e. The third-order valence-corrected chi connectivity index (χ3v) is 6.89. The van der Waals surface area contributed by atoms with E-state index in [0.717, 1.165) is 51.7 Å². The number of halogens is 1. The molecular formula is C22H31FN2O3.